The van der Waals surface area contributed by atoms with Crippen LogP contribution in [-0.2, 0) is 6.42 Å². The van der Waals surface area contributed by atoms with Crippen molar-refractivity contribution < 1.29 is 23.7 Å². The number of hydrogen-bond acceptors (Lipinski definition) is 6. The molecule has 0 saturated carbocycles. The summed E-state index contributed by atoms with van der Waals surface area (Å²) in [6.07, 6.45) is 1.95. The van der Waals surface area contributed by atoms with Gasteiger partial charge in [0.25, 0.3) is 5.91 Å². The van der Waals surface area contributed by atoms with Crippen molar-refractivity contribution in [1.29, 1.82) is 0 Å². The molecule has 0 radical (unpaired) electrons. The third-order valence-electron chi connectivity index (χ3n) is 6.81. The van der Waals surface area contributed by atoms with E-state index >= 15 is 0 Å². The molecule has 6 rings (SSSR count). The van der Waals surface area contributed by atoms with Crippen LogP contribution < -0.4 is 5.32 Å². The first-order valence-electron chi connectivity index (χ1n) is 12.4. The Balaban J connectivity index is 1.38. The maximum Gasteiger partial charge on any atom is 0.335 e. The minimum absolute atomic E-state index is 0.183. The number of rotatable bonds is 7. The van der Waals surface area contributed by atoms with E-state index in [1.165, 1.54) is 18.4 Å². The fourth-order valence-electron chi connectivity index (χ4n) is 4.76. The molecular formula is C31H23N3O5. The molecule has 6 aromatic rings. The Morgan fingerprint density at radius 2 is 1.72 bits per heavy atom. The van der Waals surface area contributed by atoms with Crippen LogP contribution in [-0.4, -0.2) is 27.3 Å². The van der Waals surface area contributed by atoms with E-state index in [2.05, 4.69) is 46.0 Å². The van der Waals surface area contributed by atoms with Crippen LogP contribution in [0.15, 0.2) is 100 Å². The van der Waals surface area contributed by atoms with Gasteiger partial charge in [-0.1, -0.05) is 64.9 Å². The van der Waals surface area contributed by atoms with Crippen LogP contribution >= 0.6 is 0 Å². The molecule has 0 aliphatic rings. The highest BCUT2D eigenvalue weighted by Gasteiger charge is 2.22. The molecule has 0 aliphatic heterocycles. The van der Waals surface area contributed by atoms with Crippen molar-refractivity contribution in [3.63, 3.8) is 0 Å². The molecule has 8 nitrogen and oxygen atoms in total. The second-order valence-corrected chi connectivity index (χ2v) is 9.39. The summed E-state index contributed by atoms with van der Waals surface area (Å²) in [6.45, 7) is 1.84. The number of carboxylic acid groups (broad SMARTS) is 1. The van der Waals surface area contributed by atoms with Gasteiger partial charge >= 0.3 is 5.97 Å². The fraction of sp³-hybridized carbons (Fsp3) is 0.0968. The quantitative estimate of drug-likeness (QED) is 0.251. The lowest BCUT2D eigenvalue weighted by Gasteiger charge is -2.16. The fourth-order valence-corrected chi connectivity index (χ4v) is 4.76. The highest BCUT2D eigenvalue weighted by atomic mass is 16.5. The zero-order chi connectivity index (χ0) is 26.9. The van der Waals surface area contributed by atoms with Gasteiger partial charge in [-0.25, -0.2) is 4.79 Å². The van der Waals surface area contributed by atoms with E-state index in [1.54, 1.807) is 30.3 Å². The lowest BCUT2D eigenvalue weighted by Crippen LogP contribution is -2.27. The number of hydrogen-bond donors (Lipinski definition) is 2. The number of benzene rings is 4. The lowest BCUT2D eigenvalue weighted by molar-refractivity contribution is 0.0696. The summed E-state index contributed by atoms with van der Waals surface area (Å²) in [6, 6.07) is 25.7. The number of aromatic nitrogens is 2. The van der Waals surface area contributed by atoms with Crippen molar-refractivity contribution in [1.82, 2.24) is 15.6 Å². The van der Waals surface area contributed by atoms with Gasteiger partial charge in [-0.3, -0.25) is 4.79 Å². The van der Waals surface area contributed by atoms with Crippen LogP contribution in [0.5, 0.6) is 0 Å². The van der Waals surface area contributed by atoms with Crippen molar-refractivity contribution in [2.75, 3.05) is 0 Å². The first-order chi connectivity index (χ1) is 19.0. The third-order valence-corrected chi connectivity index (χ3v) is 6.81. The SMILES string of the molecule is C[C@H](NC(=O)c1cc(-c2ccon2)cc2onc(Cc3ccc4ccccc4c3)c12)c1ccc(C(=O)O)cc1. The van der Waals surface area contributed by atoms with Gasteiger partial charge in [0.2, 0.25) is 0 Å². The normalized spacial score (nSPS) is 12.0. The summed E-state index contributed by atoms with van der Waals surface area (Å²) < 4.78 is 10.7. The molecule has 0 spiro atoms. The molecule has 192 valence electrons. The van der Waals surface area contributed by atoms with E-state index in [0.717, 1.165) is 21.9 Å². The number of carboxylic acids is 1. The van der Waals surface area contributed by atoms with Gasteiger partial charge in [0.1, 0.15) is 12.0 Å². The predicted molar refractivity (Wildman–Crippen MR) is 146 cm³/mol. The van der Waals surface area contributed by atoms with E-state index in [1.807, 2.05) is 19.1 Å². The number of nitrogens with zero attached hydrogens (tertiary/aromatic N) is 2. The molecule has 1 amide bonds. The zero-order valence-electron chi connectivity index (χ0n) is 20.9. The third kappa shape index (κ3) is 4.75. The Kier molecular flexibility index (Phi) is 6.13. The molecule has 2 aromatic heterocycles. The topological polar surface area (TPSA) is 118 Å². The lowest BCUT2D eigenvalue weighted by atomic mass is 9.97. The Hall–Kier alpha value is -5.24. The summed E-state index contributed by atoms with van der Waals surface area (Å²) >= 11 is 0. The van der Waals surface area contributed by atoms with Gasteiger partial charge in [0.05, 0.1) is 28.2 Å². The standard InChI is InChI=1S/C31H23N3O5/c1-18(20-8-10-22(11-9-20)31(36)37)32-30(35)25-16-24(26-12-13-38-33-26)17-28-29(25)27(34-39-28)15-19-6-7-21-4-2-3-5-23(21)14-19/h2-14,16-18H,15H2,1H3,(H,32,35)(H,36,37)/t18-/m0/s1. The molecule has 0 fully saturated rings. The average Bonchev–Trinajstić information content (AvgIpc) is 3.63. The second kappa shape index (κ2) is 9.90. The summed E-state index contributed by atoms with van der Waals surface area (Å²) in [5.41, 5.74) is 4.75. The van der Waals surface area contributed by atoms with E-state index < -0.39 is 5.97 Å². The maximum atomic E-state index is 13.7. The predicted octanol–water partition coefficient (Wildman–Crippen LogP) is 6.42. The Labute approximate surface area is 222 Å². The number of aromatic carboxylic acids is 1. The van der Waals surface area contributed by atoms with Gasteiger partial charge in [-0.05, 0) is 53.1 Å². The molecule has 4 aromatic carbocycles. The van der Waals surface area contributed by atoms with Crippen molar-refractivity contribution in [3.05, 3.63) is 119 Å². The number of carbonyl (C=O) groups excluding carboxylic acids is 1. The maximum absolute atomic E-state index is 13.7. The van der Waals surface area contributed by atoms with Crippen molar-refractivity contribution in [2.24, 2.45) is 0 Å². The van der Waals surface area contributed by atoms with Gasteiger partial charge in [0.15, 0.2) is 5.58 Å². The Morgan fingerprint density at radius 1 is 0.923 bits per heavy atom. The van der Waals surface area contributed by atoms with Crippen molar-refractivity contribution >= 4 is 33.6 Å². The van der Waals surface area contributed by atoms with Crippen LogP contribution in [0.25, 0.3) is 33.0 Å². The van der Waals surface area contributed by atoms with E-state index in [4.69, 9.17) is 9.05 Å². The van der Waals surface area contributed by atoms with Crippen LogP contribution in [0.3, 0.4) is 0 Å². The summed E-state index contributed by atoms with van der Waals surface area (Å²) in [4.78, 5) is 24.9. The van der Waals surface area contributed by atoms with Gasteiger partial charge in [0, 0.05) is 18.1 Å². The Morgan fingerprint density at radius 3 is 2.46 bits per heavy atom. The molecule has 39 heavy (non-hydrogen) atoms. The number of carbonyl (C=O) groups is 2. The van der Waals surface area contributed by atoms with Crippen molar-refractivity contribution in [3.8, 4) is 11.3 Å². The molecule has 0 unspecified atom stereocenters. The van der Waals surface area contributed by atoms with Crippen molar-refractivity contribution in [2.45, 2.75) is 19.4 Å². The summed E-state index contributed by atoms with van der Waals surface area (Å²) in [5.74, 6) is -1.32. The van der Waals surface area contributed by atoms with E-state index in [0.29, 0.717) is 39.9 Å². The summed E-state index contributed by atoms with van der Waals surface area (Å²) in [7, 11) is 0. The molecule has 0 saturated heterocycles. The largest absolute Gasteiger partial charge is 0.478 e. The number of nitrogens with one attached hydrogen (secondary N) is 1. The highest BCUT2D eigenvalue weighted by molar-refractivity contribution is 6.08. The average molecular weight is 518 g/mol. The van der Waals surface area contributed by atoms with Gasteiger partial charge < -0.3 is 19.5 Å². The molecule has 2 heterocycles. The Bertz CT molecular complexity index is 1820. The molecular weight excluding hydrogens is 494 g/mol. The molecule has 2 N–H and O–H groups in total. The minimum Gasteiger partial charge on any atom is -0.478 e. The molecule has 8 heteroatoms. The zero-order valence-corrected chi connectivity index (χ0v) is 20.9. The van der Waals surface area contributed by atoms with Crippen LogP contribution in [0, 0.1) is 0 Å². The monoisotopic (exact) mass is 517 g/mol. The second-order valence-electron chi connectivity index (χ2n) is 9.39. The van der Waals surface area contributed by atoms with Crippen LogP contribution in [0.2, 0.25) is 0 Å². The summed E-state index contributed by atoms with van der Waals surface area (Å²) in [5, 5.41) is 23.5. The minimum atomic E-state index is -1.00. The molecule has 0 bridgehead atoms. The smallest absolute Gasteiger partial charge is 0.335 e. The molecule has 1 atom stereocenters. The van der Waals surface area contributed by atoms with Crippen LogP contribution in [0.4, 0.5) is 0 Å². The van der Waals surface area contributed by atoms with E-state index in [-0.39, 0.29) is 17.5 Å². The first kappa shape index (κ1) is 24.1. The highest BCUT2D eigenvalue weighted by Crippen LogP contribution is 2.31. The first-order valence-corrected chi connectivity index (χ1v) is 12.4. The van der Waals surface area contributed by atoms with Gasteiger partial charge in [-0.15, -0.1) is 0 Å². The molecule has 0 aliphatic carbocycles. The number of amides is 1. The number of fused-ring (bicyclic) bond motifs is 2. The van der Waals surface area contributed by atoms with Gasteiger partial charge in [-0.2, -0.15) is 0 Å². The van der Waals surface area contributed by atoms with E-state index in [9.17, 15) is 14.7 Å². The van der Waals surface area contributed by atoms with Crippen LogP contribution in [0.1, 0.15) is 50.5 Å².